The van der Waals surface area contributed by atoms with E-state index in [-0.39, 0.29) is 11.9 Å². The van der Waals surface area contributed by atoms with Gasteiger partial charge in [0.25, 0.3) is 5.91 Å². The molecule has 8 nitrogen and oxygen atoms in total. The molecule has 8 heteroatoms. The highest BCUT2D eigenvalue weighted by Gasteiger charge is 2.42. The third-order valence-electron chi connectivity index (χ3n) is 8.13. The van der Waals surface area contributed by atoms with Crippen molar-refractivity contribution in [1.29, 1.82) is 0 Å². The number of aliphatic imine (C=N–C) groups is 2. The number of hydrogen-bond acceptors (Lipinski definition) is 7. The largest absolute Gasteiger partial charge is 0.369 e. The van der Waals surface area contributed by atoms with Crippen LogP contribution in [0, 0.1) is 0 Å². The Labute approximate surface area is 229 Å². The fourth-order valence-electron chi connectivity index (χ4n) is 6.18. The number of guanidine groups is 2. The molecular weight excluding hydrogens is 486 g/mol. The second-order valence-electron chi connectivity index (χ2n) is 10.5. The predicted octanol–water partition coefficient (Wildman–Crippen LogP) is 4.43. The first-order valence-electron chi connectivity index (χ1n) is 13.8. The van der Waals surface area contributed by atoms with E-state index >= 15 is 0 Å². The zero-order chi connectivity index (χ0) is 26.8. The summed E-state index contributed by atoms with van der Waals surface area (Å²) in [7, 11) is 0. The van der Waals surface area contributed by atoms with E-state index in [0.29, 0.717) is 19.0 Å². The SMILES string of the molecule is NC1=NC2(CCCCC2)N(c2ccc(N3CCN(C(=O)c4ccccc4-c4ccccc4)CC3)cc2)C(N)=N1. The molecule has 0 atom stereocenters. The van der Waals surface area contributed by atoms with Crippen LogP contribution in [0.3, 0.4) is 0 Å². The predicted molar refractivity (Wildman–Crippen MR) is 158 cm³/mol. The lowest BCUT2D eigenvalue weighted by atomic mass is 9.87. The summed E-state index contributed by atoms with van der Waals surface area (Å²) in [5.74, 6) is 0.753. The van der Waals surface area contributed by atoms with Gasteiger partial charge in [0, 0.05) is 43.1 Å². The van der Waals surface area contributed by atoms with E-state index < -0.39 is 5.66 Å². The Morgan fingerprint density at radius 2 is 1.38 bits per heavy atom. The number of nitrogens with two attached hydrogens (primary N) is 2. The average Bonchev–Trinajstić information content (AvgIpc) is 2.98. The number of nitrogens with zero attached hydrogens (tertiary/aromatic N) is 5. The molecule has 0 bridgehead atoms. The number of rotatable bonds is 4. The molecule has 1 spiro atoms. The fraction of sp³-hybridized carbons (Fsp3) is 0.323. The molecule has 0 aromatic heterocycles. The van der Waals surface area contributed by atoms with Gasteiger partial charge in [0.2, 0.25) is 11.9 Å². The van der Waals surface area contributed by atoms with Crippen LogP contribution < -0.4 is 21.3 Å². The summed E-state index contributed by atoms with van der Waals surface area (Å²) in [5, 5.41) is 0. The summed E-state index contributed by atoms with van der Waals surface area (Å²) < 4.78 is 0. The first kappa shape index (κ1) is 25.0. The van der Waals surface area contributed by atoms with Crippen LogP contribution in [0.2, 0.25) is 0 Å². The summed E-state index contributed by atoms with van der Waals surface area (Å²) in [6.45, 7) is 2.90. The van der Waals surface area contributed by atoms with Gasteiger partial charge in [0.05, 0.1) is 0 Å². The quantitative estimate of drug-likeness (QED) is 0.529. The minimum absolute atomic E-state index is 0.0851. The molecule has 6 rings (SSSR count). The number of hydrogen-bond donors (Lipinski definition) is 2. The number of carbonyl (C=O) groups excluding carboxylic acids is 1. The van der Waals surface area contributed by atoms with Crippen LogP contribution in [0.25, 0.3) is 11.1 Å². The molecule has 1 aliphatic carbocycles. The molecule has 2 fully saturated rings. The number of amides is 1. The molecular formula is C31H35N7O. The van der Waals surface area contributed by atoms with E-state index in [1.54, 1.807) is 0 Å². The van der Waals surface area contributed by atoms with Crippen molar-refractivity contribution in [1.82, 2.24) is 4.90 Å². The minimum Gasteiger partial charge on any atom is -0.369 e. The lowest BCUT2D eigenvalue weighted by Gasteiger charge is -2.45. The second-order valence-corrected chi connectivity index (χ2v) is 10.5. The van der Waals surface area contributed by atoms with Crippen LogP contribution in [0.4, 0.5) is 11.4 Å². The van der Waals surface area contributed by atoms with Crippen molar-refractivity contribution >= 4 is 29.2 Å². The van der Waals surface area contributed by atoms with Gasteiger partial charge in [-0.2, -0.15) is 4.99 Å². The third-order valence-corrected chi connectivity index (χ3v) is 8.13. The van der Waals surface area contributed by atoms with Crippen molar-refractivity contribution in [2.75, 3.05) is 36.0 Å². The number of anilines is 2. The Hall–Kier alpha value is -4.33. The zero-order valence-electron chi connectivity index (χ0n) is 22.2. The van der Waals surface area contributed by atoms with E-state index in [4.69, 9.17) is 16.5 Å². The number of piperazine rings is 1. The van der Waals surface area contributed by atoms with Gasteiger partial charge in [-0.15, -0.1) is 0 Å². The van der Waals surface area contributed by atoms with Gasteiger partial charge < -0.3 is 21.3 Å². The van der Waals surface area contributed by atoms with Gasteiger partial charge in [-0.05, 0) is 67.1 Å². The molecule has 1 amide bonds. The van der Waals surface area contributed by atoms with Crippen molar-refractivity contribution in [2.24, 2.45) is 21.5 Å². The molecule has 0 radical (unpaired) electrons. The summed E-state index contributed by atoms with van der Waals surface area (Å²) in [4.78, 5) is 28.9. The van der Waals surface area contributed by atoms with E-state index in [0.717, 1.165) is 66.8 Å². The standard InChI is InChI=1S/C31H35N7O/c32-29-34-30(33)38(31(35-29)17-7-2-8-18-31)25-15-13-24(14-16-25)36-19-21-37(22-20-36)28(39)27-12-6-5-11-26(27)23-9-3-1-4-10-23/h1,3-6,9-16H,2,7-8,17-22H2,(H4,32,33,34,35). The van der Waals surface area contributed by atoms with E-state index in [2.05, 4.69) is 51.2 Å². The Kier molecular flexibility index (Phi) is 6.69. The smallest absolute Gasteiger partial charge is 0.254 e. The van der Waals surface area contributed by atoms with Gasteiger partial charge in [0.1, 0.15) is 5.66 Å². The van der Waals surface area contributed by atoms with Gasteiger partial charge in [-0.25, -0.2) is 4.99 Å². The second kappa shape index (κ2) is 10.4. The zero-order valence-corrected chi connectivity index (χ0v) is 22.2. The van der Waals surface area contributed by atoms with Crippen LogP contribution in [-0.4, -0.2) is 54.6 Å². The van der Waals surface area contributed by atoms with Crippen LogP contribution >= 0.6 is 0 Å². The molecule has 200 valence electrons. The summed E-state index contributed by atoms with van der Waals surface area (Å²) in [5.41, 5.74) is 16.9. The van der Waals surface area contributed by atoms with Crippen molar-refractivity contribution in [3.8, 4) is 11.1 Å². The third kappa shape index (κ3) is 4.82. The van der Waals surface area contributed by atoms with Crippen molar-refractivity contribution < 1.29 is 4.79 Å². The Balaban J connectivity index is 1.15. The van der Waals surface area contributed by atoms with Crippen LogP contribution in [-0.2, 0) is 0 Å². The maximum Gasteiger partial charge on any atom is 0.254 e. The molecule has 39 heavy (non-hydrogen) atoms. The van der Waals surface area contributed by atoms with E-state index in [1.807, 2.05) is 47.4 Å². The minimum atomic E-state index is -0.447. The Morgan fingerprint density at radius 1 is 0.744 bits per heavy atom. The fourth-order valence-corrected chi connectivity index (χ4v) is 6.18. The van der Waals surface area contributed by atoms with Crippen molar-refractivity contribution in [3.63, 3.8) is 0 Å². The summed E-state index contributed by atoms with van der Waals surface area (Å²) in [6.07, 6.45) is 5.21. The molecule has 4 N–H and O–H groups in total. The molecule has 2 heterocycles. The molecule has 1 saturated heterocycles. The first-order valence-corrected chi connectivity index (χ1v) is 13.8. The highest BCUT2D eigenvalue weighted by molar-refractivity contribution is 6.05. The molecule has 2 aliphatic heterocycles. The molecule has 3 aromatic carbocycles. The lowest BCUT2D eigenvalue weighted by molar-refractivity contribution is 0.0747. The highest BCUT2D eigenvalue weighted by atomic mass is 16.2. The van der Waals surface area contributed by atoms with Crippen LogP contribution in [0.15, 0.2) is 88.8 Å². The van der Waals surface area contributed by atoms with Crippen molar-refractivity contribution in [3.05, 3.63) is 84.4 Å². The van der Waals surface area contributed by atoms with Crippen LogP contribution in [0.1, 0.15) is 42.5 Å². The molecule has 3 aliphatic rings. The normalized spacial score (nSPS) is 19.0. The maximum atomic E-state index is 13.5. The first-order chi connectivity index (χ1) is 19.0. The average molecular weight is 522 g/mol. The van der Waals surface area contributed by atoms with Gasteiger partial charge in [0.15, 0.2) is 0 Å². The Bertz CT molecular complexity index is 1390. The van der Waals surface area contributed by atoms with E-state index in [9.17, 15) is 4.79 Å². The summed E-state index contributed by atoms with van der Waals surface area (Å²) in [6, 6.07) is 26.4. The highest BCUT2D eigenvalue weighted by Crippen LogP contribution is 2.40. The summed E-state index contributed by atoms with van der Waals surface area (Å²) >= 11 is 0. The van der Waals surface area contributed by atoms with Gasteiger partial charge in [-0.1, -0.05) is 55.0 Å². The monoisotopic (exact) mass is 521 g/mol. The van der Waals surface area contributed by atoms with Crippen molar-refractivity contribution in [2.45, 2.75) is 37.8 Å². The topological polar surface area (TPSA) is 104 Å². The van der Waals surface area contributed by atoms with Gasteiger partial charge >= 0.3 is 0 Å². The maximum absolute atomic E-state index is 13.5. The number of carbonyl (C=O) groups is 1. The molecule has 0 unspecified atom stereocenters. The lowest BCUT2D eigenvalue weighted by Crippen LogP contribution is -2.58. The van der Waals surface area contributed by atoms with Crippen LogP contribution in [0.5, 0.6) is 0 Å². The molecule has 1 saturated carbocycles. The number of benzene rings is 3. The molecule has 3 aromatic rings. The van der Waals surface area contributed by atoms with Gasteiger partial charge in [-0.3, -0.25) is 9.69 Å². The van der Waals surface area contributed by atoms with E-state index in [1.165, 1.54) is 6.42 Å². The Morgan fingerprint density at radius 3 is 2.10 bits per heavy atom.